The predicted molar refractivity (Wildman–Crippen MR) is 104 cm³/mol. The minimum Gasteiger partial charge on any atom is -0.383 e. The molecule has 2 heterocycles. The summed E-state index contributed by atoms with van der Waals surface area (Å²) in [7, 11) is 0. The molecule has 1 atom stereocenters. The predicted octanol–water partition coefficient (Wildman–Crippen LogP) is 1.91. The molecule has 2 N–H and O–H groups in total. The summed E-state index contributed by atoms with van der Waals surface area (Å²) in [6, 6.07) is 3.60. The molecule has 2 aromatic rings. The number of hydrogen-bond donors (Lipinski definition) is 2. The molecule has 0 saturated heterocycles. The maximum atomic E-state index is 11.1. The third-order valence-electron chi connectivity index (χ3n) is 4.09. The number of aliphatic hydroxyl groups is 1. The Hall–Kier alpha value is -1.84. The molecule has 25 heavy (non-hydrogen) atoms. The number of nitrogens with zero attached hydrogens (tertiary/aromatic N) is 5. The molecule has 2 aromatic heterocycles. The second-order valence-corrected chi connectivity index (χ2v) is 7.50. The molecule has 1 aliphatic rings. The molecular weight excluding hydrogens is 356 g/mol. The van der Waals surface area contributed by atoms with Gasteiger partial charge in [0.2, 0.25) is 0 Å². The van der Waals surface area contributed by atoms with Gasteiger partial charge < -0.3 is 10.4 Å². The second kappa shape index (κ2) is 7.59. The van der Waals surface area contributed by atoms with Crippen molar-refractivity contribution in [1.29, 1.82) is 0 Å². The fraction of sp³-hybridized carbons (Fsp3) is 0.438. The van der Waals surface area contributed by atoms with Gasteiger partial charge >= 0.3 is 0 Å². The first-order valence-corrected chi connectivity index (χ1v) is 9.73. The molecule has 134 valence electrons. The van der Waals surface area contributed by atoms with Gasteiger partial charge in [-0.05, 0) is 50.1 Å². The summed E-state index contributed by atoms with van der Waals surface area (Å²) in [6.07, 6.45) is 11.9. The van der Waals surface area contributed by atoms with Crippen LogP contribution in [0.2, 0.25) is 0 Å². The van der Waals surface area contributed by atoms with Crippen LogP contribution in [0.15, 0.2) is 48.2 Å². The number of allylic oxidation sites excluding steroid dienone is 1. The number of thioether (sulfide) groups is 1. The lowest BCUT2D eigenvalue weighted by molar-refractivity contribution is 0.0138. The summed E-state index contributed by atoms with van der Waals surface area (Å²) in [6.45, 7) is 2.04. The molecular formula is C16H22N6OS2. The zero-order valence-corrected chi connectivity index (χ0v) is 15.9. The van der Waals surface area contributed by atoms with Crippen molar-refractivity contribution in [3.05, 3.63) is 48.2 Å². The van der Waals surface area contributed by atoms with Crippen molar-refractivity contribution in [2.45, 2.75) is 31.9 Å². The van der Waals surface area contributed by atoms with E-state index in [2.05, 4.69) is 15.5 Å². The smallest absolute Gasteiger partial charge is 0.191 e. The van der Waals surface area contributed by atoms with Crippen LogP contribution in [0.1, 0.15) is 26.2 Å². The average molecular weight is 379 g/mol. The zero-order chi connectivity index (χ0) is 17.9. The molecule has 0 aromatic carbocycles. The number of thiocarbonyl (C=S) groups is 1. The first kappa shape index (κ1) is 18.0. The van der Waals surface area contributed by atoms with Gasteiger partial charge in [-0.25, -0.2) is 0 Å². The Morgan fingerprint density at radius 2 is 1.96 bits per heavy atom. The number of nitrogens with one attached hydrogen (secondary N) is 1. The summed E-state index contributed by atoms with van der Waals surface area (Å²) >= 11 is 7.04. The van der Waals surface area contributed by atoms with Crippen LogP contribution in [0.3, 0.4) is 0 Å². The molecule has 3 rings (SSSR count). The van der Waals surface area contributed by atoms with Crippen molar-refractivity contribution in [1.82, 2.24) is 25.1 Å². The van der Waals surface area contributed by atoms with Crippen LogP contribution < -0.4 is 10.4 Å². The van der Waals surface area contributed by atoms with Crippen molar-refractivity contribution in [2.24, 2.45) is 0 Å². The van der Waals surface area contributed by atoms with E-state index >= 15 is 0 Å². The second-order valence-electron chi connectivity index (χ2n) is 6.02. The molecule has 0 saturated carbocycles. The first-order chi connectivity index (χ1) is 12.0. The molecule has 0 aliphatic heterocycles. The van der Waals surface area contributed by atoms with Gasteiger partial charge in [-0.1, -0.05) is 12.2 Å². The van der Waals surface area contributed by atoms with Crippen molar-refractivity contribution in [3.8, 4) is 0 Å². The van der Waals surface area contributed by atoms with Gasteiger partial charge in [0.15, 0.2) is 5.72 Å². The lowest BCUT2D eigenvalue weighted by Crippen LogP contribution is -2.60. The maximum absolute atomic E-state index is 11.1. The maximum Gasteiger partial charge on any atom is 0.191 e. The SMILES string of the molecule is CSC(=S)C1=C(NCC(C)(O)N(n2cccn2)n2cccn2)CCC1. The van der Waals surface area contributed by atoms with Crippen LogP contribution in [0.25, 0.3) is 0 Å². The van der Waals surface area contributed by atoms with Gasteiger partial charge in [-0.15, -0.1) is 11.8 Å². The van der Waals surface area contributed by atoms with E-state index in [4.69, 9.17) is 12.2 Å². The van der Waals surface area contributed by atoms with E-state index in [-0.39, 0.29) is 0 Å². The van der Waals surface area contributed by atoms with Crippen molar-refractivity contribution in [2.75, 3.05) is 17.9 Å². The Balaban J connectivity index is 1.81. The number of rotatable bonds is 7. The topological polar surface area (TPSA) is 71.1 Å². The van der Waals surface area contributed by atoms with E-state index in [0.29, 0.717) is 6.54 Å². The molecule has 1 aliphatic carbocycles. The van der Waals surface area contributed by atoms with E-state index in [9.17, 15) is 5.11 Å². The highest BCUT2D eigenvalue weighted by atomic mass is 32.2. The summed E-state index contributed by atoms with van der Waals surface area (Å²) in [5.74, 6) is 0. The van der Waals surface area contributed by atoms with Gasteiger partial charge in [0.25, 0.3) is 0 Å². The van der Waals surface area contributed by atoms with Crippen molar-refractivity contribution in [3.63, 3.8) is 0 Å². The van der Waals surface area contributed by atoms with Gasteiger partial charge in [0, 0.05) is 5.70 Å². The quantitative estimate of drug-likeness (QED) is 0.563. The lowest BCUT2D eigenvalue weighted by Gasteiger charge is -2.37. The van der Waals surface area contributed by atoms with Gasteiger partial charge in [-0.2, -0.15) is 24.9 Å². The molecule has 0 amide bonds. The normalized spacial score (nSPS) is 16.8. The van der Waals surface area contributed by atoms with Crippen LogP contribution in [0.4, 0.5) is 0 Å². The third-order valence-corrected chi connectivity index (χ3v) is 5.45. The van der Waals surface area contributed by atoms with Crippen LogP contribution in [0.5, 0.6) is 0 Å². The molecule has 1 unspecified atom stereocenters. The summed E-state index contributed by atoms with van der Waals surface area (Å²) in [4.78, 5) is 3.12. The number of aromatic nitrogens is 4. The van der Waals surface area contributed by atoms with Gasteiger partial charge in [0.1, 0.15) is 0 Å². The van der Waals surface area contributed by atoms with E-state index in [1.807, 2.05) is 6.26 Å². The summed E-state index contributed by atoms with van der Waals surface area (Å²) in [5, 5.41) is 24.6. The van der Waals surface area contributed by atoms with Crippen LogP contribution in [-0.2, 0) is 0 Å². The average Bonchev–Trinajstić information content (AvgIpc) is 3.34. The number of hydrogen-bond acceptors (Lipinski definition) is 7. The van der Waals surface area contributed by atoms with Crippen LogP contribution in [-0.4, -0.2) is 47.6 Å². The largest absolute Gasteiger partial charge is 0.383 e. The van der Waals surface area contributed by atoms with Crippen LogP contribution in [0, 0.1) is 0 Å². The lowest BCUT2D eigenvalue weighted by atomic mass is 10.2. The minimum atomic E-state index is -1.26. The molecule has 7 nitrogen and oxygen atoms in total. The Labute approximate surface area is 156 Å². The first-order valence-electron chi connectivity index (χ1n) is 8.09. The van der Waals surface area contributed by atoms with E-state index in [0.717, 1.165) is 29.2 Å². The van der Waals surface area contributed by atoms with E-state index in [1.165, 1.54) is 5.57 Å². The van der Waals surface area contributed by atoms with Gasteiger partial charge in [0.05, 0.1) is 35.5 Å². The van der Waals surface area contributed by atoms with Crippen LogP contribution >= 0.6 is 24.0 Å². The fourth-order valence-electron chi connectivity index (χ4n) is 2.91. The minimum absolute atomic E-state index is 0.308. The molecule has 0 spiro atoms. The highest BCUT2D eigenvalue weighted by Crippen LogP contribution is 2.28. The zero-order valence-electron chi connectivity index (χ0n) is 14.3. The molecule has 9 heteroatoms. The van der Waals surface area contributed by atoms with Crippen molar-refractivity contribution < 1.29 is 5.11 Å². The third kappa shape index (κ3) is 3.88. The standard InChI is InChI=1S/C16H22N6OS2/c1-16(23,12-17-14-7-3-6-13(14)15(24)25-2)22(20-10-4-8-18-20)21-11-5-9-19-21/h4-5,8-11,17,23H,3,6-7,12H2,1-2H3. The highest BCUT2D eigenvalue weighted by molar-refractivity contribution is 8.23. The Morgan fingerprint density at radius 1 is 1.32 bits per heavy atom. The van der Waals surface area contributed by atoms with E-state index in [1.54, 1.807) is 70.3 Å². The Morgan fingerprint density at radius 3 is 2.48 bits per heavy atom. The van der Waals surface area contributed by atoms with Crippen molar-refractivity contribution >= 4 is 28.2 Å². The summed E-state index contributed by atoms with van der Waals surface area (Å²) < 4.78 is 0.927. The van der Waals surface area contributed by atoms with E-state index < -0.39 is 5.72 Å². The van der Waals surface area contributed by atoms with Gasteiger partial charge in [-0.3, -0.25) is 0 Å². The fourth-order valence-corrected chi connectivity index (χ4v) is 3.61. The monoisotopic (exact) mass is 378 g/mol. The Bertz CT molecular complexity index is 705. The summed E-state index contributed by atoms with van der Waals surface area (Å²) in [5.41, 5.74) is 1.06. The molecule has 0 radical (unpaired) electrons. The highest BCUT2D eigenvalue weighted by Gasteiger charge is 2.33. The Kier molecular flexibility index (Phi) is 5.45. The molecule has 0 fully saturated rings. The molecule has 0 bridgehead atoms.